The summed E-state index contributed by atoms with van der Waals surface area (Å²) in [6.45, 7) is 1.75. The predicted octanol–water partition coefficient (Wildman–Crippen LogP) is 3.02. The standard InChI is InChI=1S/C21H17N5O5/c1-11-17-18(12-8-15(26(28)29)19(27)16(9-12)30-2)14(10-22)20(23)31-21(17)25(24-11)13-6-4-3-5-7-13/h3-9,18,27H,23H2,1-2H3/t18-/m1/s1. The number of nitro groups is 1. The van der Waals surface area contributed by atoms with Gasteiger partial charge < -0.3 is 20.3 Å². The van der Waals surface area contributed by atoms with Crippen molar-refractivity contribution in [3.05, 3.63) is 80.9 Å². The van der Waals surface area contributed by atoms with E-state index in [1.807, 2.05) is 36.4 Å². The number of allylic oxidation sites excluding steroid dienone is 1. The molecule has 3 aromatic rings. The van der Waals surface area contributed by atoms with E-state index in [0.717, 1.165) is 0 Å². The van der Waals surface area contributed by atoms with Gasteiger partial charge in [0.2, 0.25) is 17.5 Å². The number of phenolic OH excluding ortho intramolecular Hbond substituents is 1. The van der Waals surface area contributed by atoms with E-state index in [0.29, 0.717) is 28.4 Å². The molecule has 0 spiro atoms. The first kappa shape index (κ1) is 19.8. The van der Waals surface area contributed by atoms with Crippen molar-refractivity contribution in [1.82, 2.24) is 9.78 Å². The summed E-state index contributed by atoms with van der Waals surface area (Å²) in [6.07, 6.45) is 0. The second-order valence-corrected chi connectivity index (χ2v) is 6.82. The van der Waals surface area contributed by atoms with E-state index >= 15 is 0 Å². The van der Waals surface area contributed by atoms with Crippen molar-refractivity contribution in [2.45, 2.75) is 12.8 Å². The number of methoxy groups -OCH3 is 1. The minimum absolute atomic E-state index is 0.0743. The van der Waals surface area contributed by atoms with Crippen molar-refractivity contribution in [3.63, 3.8) is 0 Å². The zero-order valence-corrected chi connectivity index (χ0v) is 16.6. The SMILES string of the molecule is COc1cc([C@@H]2C(C#N)=C(N)Oc3c2c(C)nn3-c2ccccc2)cc([N+](=O)[O-])c1O. The maximum absolute atomic E-state index is 11.5. The number of hydrogen-bond donors (Lipinski definition) is 2. The van der Waals surface area contributed by atoms with Crippen molar-refractivity contribution in [1.29, 1.82) is 5.26 Å². The predicted molar refractivity (Wildman–Crippen MR) is 109 cm³/mol. The lowest BCUT2D eigenvalue weighted by molar-refractivity contribution is -0.386. The van der Waals surface area contributed by atoms with Gasteiger partial charge in [0.15, 0.2) is 5.75 Å². The Morgan fingerprint density at radius 3 is 2.68 bits per heavy atom. The highest BCUT2D eigenvalue weighted by atomic mass is 16.6. The van der Waals surface area contributed by atoms with Gasteiger partial charge in [-0.2, -0.15) is 10.4 Å². The van der Waals surface area contributed by atoms with Crippen molar-refractivity contribution < 1.29 is 19.5 Å². The minimum Gasteiger partial charge on any atom is -0.500 e. The Kier molecular flexibility index (Phi) is 4.71. The average Bonchev–Trinajstić information content (AvgIpc) is 3.09. The van der Waals surface area contributed by atoms with Gasteiger partial charge in [-0.3, -0.25) is 10.1 Å². The molecule has 3 N–H and O–H groups in total. The molecule has 2 aromatic carbocycles. The molecule has 1 aromatic heterocycles. The quantitative estimate of drug-likeness (QED) is 0.484. The number of ether oxygens (including phenoxy) is 2. The molecule has 2 heterocycles. The molecule has 0 radical (unpaired) electrons. The highest BCUT2D eigenvalue weighted by molar-refractivity contribution is 5.63. The highest BCUT2D eigenvalue weighted by Gasteiger charge is 2.37. The molecule has 156 valence electrons. The van der Waals surface area contributed by atoms with E-state index in [2.05, 4.69) is 5.10 Å². The summed E-state index contributed by atoms with van der Waals surface area (Å²) in [5.74, 6) is -1.33. The number of fused-ring (bicyclic) bond motifs is 1. The van der Waals surface area contributed by atoms with E-state index in [-0.39, 0.29) is 17.2 Å². The minimum atomic E-state index is -0.806. The number of nitrogens with two attached hydrogens (primary N) is 1. The van der Waals surface area contributed by atoms with E-state index < -0.39 is 22.3 Å². The van der Waals surface area contributed by atoms with E-state index in [1.165, 1.54) is 19.2 Å². The number of para-hydroxylation sites is 1. The fourth-order valence-corrected chi connectivity index (χ4v) is 3.67. The summed E-state index contributed by atoms with van der Waals surface area (Å²) in [7, 11) is 1.28. The lowest BCUT2D eigenvalue weighted by atomic mass is 9.83. The maximum atomic E-state index is 11.5. The first-order chi connectivity index (χ1) is 14.9. The van der Waals surface area contributed by atoms with Gasteiger partial charge in [0, 0.05) is 6.07 Å². The molecule has 10 nitrogen and oxygen atoms in total. The molecule has 1 aliphatic heterocycles. The van der Waals surface area contributed by atoms with Crippen LogP contribution in [0.4, 0.5) is 5.69 Å². The van der Waals surface area contributed by atoms with Crippen LogP contribution in [0.2, 0.25) is 0 Å². The number of nitro benzene ring substituents is 1. The molecule has 10 heteroatoms. The third-order valence-corrected chi connectivity index (χ3v) is 5.06. The van der Waals surface area contributed by atoms with Crippen LogP contribution in [0.25, 0.3) is 5.69 Å². The van der Waals surface area contributed by atoms with Gasteiger partial charge in [-0.25, -0.2) is 4.68 Å². The number of hydrogen-bond acceptors (Lipinski definition) is 8. The summed E-state index contributed by atoms with van der Waals surface area (Å²) in [5, 5.41) is 36.0. The third kappa shape index (κ3) is 3.08. The van der Waals surface area contributed by atoms with Gasteiger partial charge >= 0.3 is 5.69 Å². The summed E-state index contributed by atoms with van der Waals surface area (Å²) in [5.41, 5.74) is 7.73. The van der Waals surface area contributed by atoms with Crippen LogP contribution in [0.15, 0.2) is 53.9 Å². The Morgan fingerprint density at radius 1 is 1.35 bits per heavy atom. The van der Waals surface area contributed by atoms with Gasteiger partial charge in [0.05, 0.1) is 34.9 Å². The number of aryl methyl sites for hydroxylation is 1. The molecule has 0 aliphatic carbocycles. The molecular weight excluding hydrogens is 402 g/mol. The molecule has 1 aliphatic rings. The number of aromatic hydroxyl groups is 1. The molecule has 0 fully saturated rings. The summed E-state index contributed by atoms with van der Waals surface area (Å²) >= 11 is 0. The Morgan fingerprint density at radius 2 is 2.06 bits per heavy atom. The van der Waals surface area contributed by atoms with Crippen molar-refractivity contribution in [3.8, 4) is 29.1 Å². The van der Waals surface area contributed by atoms with Crippen LogP contribution in [-0.2, 0) is 0 Å². The smallest absolute Gasteiger partial charge is 0.314 e. The summed E-state index contributed by atoms with van der Waals surface area (Å²) in [6, 6.07) is 13.9. The number of nitrogens with zero attached hydrogens (tertiary/aromatic N) is 4. The van der Waals surface area contributed by atoms with Crippen molar-refractivity contribution >= 4 is 5.69 Å². The van der Waals surface area contributed by atoms with Crippen molar-refractivity contribution in [2.24, 2.45) is 5.73 Å². The lowest BCUT2D eigenvalue weighted by Crippen LogP contribution is -2.22. The van der Waals surface area contributed by atoms with Gasteiger partial charge in [-0.15, -0.1) is 0 Å². The molecular formula is C21H17N5O5. The van der Waals surface area contributed by atoms with Crippen LogP contribution in [0, 0.1) is 28.4 Å². The fourth-order valence-electron chi connectivity index (χ4n) is 3.67. The number of nitriles is 1. The van der Waals surface area contributed by atoms with Gasteiger partial charge in [-0.05, 0) is 30.7 Å². The first-order valence-corrected chi connectivity index (χ1v) is 9.15. The monoisotopic (exact) mass is 419 g/mol. The zero-order valence-electron chi connectivity index (χ0n) is 16.6. The molecule has 0 unspecified atom stereocenters. The molecule has 0 bridgehead atoms. The van der Waals surface area contributed by atoms with Crippen LogP contribution in [0.5, 0.6) is 17.4 Å². The number of phenols is 1. The van der Waals surface area contributed by atoms with Crippen LogP contribution >= 0.6 is 0 Å². The van der Waals surface area contributed by atoms with E-state index in [4.69, 9.17) is 15.2 Å². The fraction of sp³-hybridized carbons (Fsp3) is 0.143. The third-order valence-electron chi connectivity index (χ3n) is 5.06. The van der Waals surface area contributed by atoms with Crippen LogP contribution in [0.3, 0.4) is 0 Å². The zero-order chi connectivity index (χ0) is 22.3. The van der Waals surface area contributed by atoms with Crippen LogP contribution in [0.1, 0.15) is 22.7 Å². The Labute approximate surface area is 176 Å². The Bertz CT molecular complexity index is 1270. The second kappa shape index (κ2) is 7.38. The Balaban J connectivity index is 2.00. The number of benzene rings is 2. The molecule has 31 heavy (non-hydrogen) atoms. The molecule has 4 rings (SSSR count). The normalized spacial score (nSPS) is 15.1. The average molecular weight is 419 g/mol. The number of aromatic nitrogens is 2. The number of rotatable bonds is 4. The van der Waals surface area contributed by atoms with Crippen LogP contribution in [-0.4, -0.2) is 26.9 Å². The summed E-state index contributed by atoms with van der Waals surface area (Å²) in [4.78, 5) is 10.8. The topological polar surface area (TPSA) is 149 Å². The lowest BCUT2D eigenvalue weighted by Gasteiger charge is -2.25. The van der Waals surface area contributed by atoms with E-state index in [9.17, 15) is 20.5 Å². The molecule has 0 amide bonds. The molecule has 1 atom stereocenters. The van der Waals surface area contributed by atoms with Crippen molar-refractivity contribution in [2.75, 3.05) is 7.11 Å². The van der Waals surface area contributed by atoms with Gasteiger partial charge in [0.1, 0.15) is 11.6 Å². The largest absolute Gasteiger partial charge is 0.500 e. The Hall–Kier alpha value is -4.52. The van der Waals surface area contributed by atoms with Crippen LogP contribution < -0.4 is 15.2 Å². The van der Waals surface area contributed by atoms with Gasteiger partial charge in [0.25, 0.3) is 0 Å². The maximum Gasteiger partial charge on any atom is 0.314 e. The van der Waals surface area contributed by atoms with E-state index in [1.54, 1.807) is 11.6 Å². The highest BCUT2D eigenvalue weighted by Crippen LogP contribution is 2.48. The van der Waals surface area contributed by atoms with Gasteiger partial charge in [-0.1, -0.05) is 18.2 Å². The second-order valence-electron chi connectivity index (χ2n) is 6.82. The molecule has 0 saturated heterocycles. The first-order valence-electron chi connectivity index (χ1n) is 9.15. The molecule has 0 saturated carbocycles. The summed E-state index contributed by atoms with van der Waals surface area (Å²) < 4.78 is 12.5.